The summed E-state index contributed by atoms with van der Waals surface area (Å²) < 4.78 is 0. The summed E-state index contributed by atoms with van der Waals surface area (Å²) in [5, 5.41) is 9.74. The van der Waals surface area contributed by atoms with Crippen molar-refractivity contribution in [1.82, 2.24) is 4.90 Å². The lowest BCUT2D eigenvalue weighted by molar-refractivity contribution is 0.135. The van der Waals surface area contributed by atoms with Gasteiger partial charge in [0.2, 0.25) is 0 Å². The van der Waals surface area contributed by atoms with Gasteiger partial charge in [-0.2, -0.15) is 0 Å². The zero-order valence-corrected chi connectivity index (χ0v) is 13.6. The first-order valence-corrected chi connectivity index (χ1v) is 7.79. The summed E-state index contributed by atoms with van der Waals surface area (Å²) in [6.07, 6.45) is 8.16. The Morgan fingerprint density at radius 3 is 2.80 bits per heavy atom. The van der Waals surface area contributed by atoms with Crippen LogP contribution >= 0.6 is 17.0 Å². The molecule has 2 unspecified atom stereocenters. The van der Waals surface area contributed by atoms with Crippen molar-refractivity contribution in [2.45, 2.75) is 50.0 Å². The number of fused-ring (bicyclic) bond motifs is 2. The fourth-order valence-electron chi connectivity index (χ4n) is 4.29. The van der Waals surface area contributed by atoms with Gasteiger partial charge in [-0.15, -0.1) is 17.0 Å². The van der Waals surface area contributed by atoms with E-state index in [1.807, 2.05) is 12.1 Å². The molecule has 2 aliphatic carbocycles. The molecular formula is C17H24BrNO. The number of phenols is 1. The molecule has 0 amide bonds. The number of benzene rings is 1. The highest BCUT2D eigenvalue weighted by Gasteiger charge is 2.47. The third kappa shape index (κ3) is 2.50. The van der Waals surface area contributed by atoms with E-state index in [2.05, 4.69) is 11.0 Å². The van der Waals surface area contributed by atoms with Crippen molar-refractivity contribution < 1.29 is 5.11 Å². The molecule has 4 rings (SSSR count). The lowest BCUT2D eigenvalue weighted by Crippen LogP contribution is -2.43. The molecule has 1 aromatic carbocycles. The minimum atomic E-state index is 0. The van der Waals surface area contributed by atoms with Crippen LogP contribution in [0, 0.1) is 5.92 Å². The zero-order valence-electron chi connectivity index (χ0n) is 11.9. The first-order chi connectivity index (χ1) is 9.25. The van der Waals surface area contributed by atoms with Gasteiger partial charge in [-0.05, 0) is 74.1 Å². The smallest absolute Gasteiger partial charge is 0.115 e. The summed E-state index contributed by atoms with van der Waals surface area (Å²) in [4.78, 5) is 2.76. The molecule has 1 aliphatic heterocycles. The number of phenolic OH excluding ortho intramolecular Hbond substituents is 1. The molecule has 110 valence electrons. The molecule has 3 fully saturated rings. The second-order valence-electron chi connectivity index (χ2n) is 6.92. The highest BCUT2D eigenvalue weighted by Crippen LogP contribution is 2.50. The number of rotatable bonds is 3. The molecule has 2 atom stereocenters. The lowest BCUT2D eigenvalue weighted by atomic mass is 9.74. The van der Waals surface area contributed by atoms with Gasteiger partial charge in [0.1, 0.15) is 5.75 Å². The molecule has 0 aromatic heterocycles. The SMILES string of the molecule is Br.Oc1cccc(C23CCC(C2)N(CC2CC2)CC3)c1. The van der Waals surface area contributed by atoms with E-state index in [1.165, 1.54) is 57.2 Å². The third-order valence-electron chi connectivity index (χ3n) is 5.62. The Morgan fingerprint density at radius 2 is 2.05 bits per heavy atom. The van der Waals surface area contributed by atoms with Crippen molar-refractivity contribution in [3.8, 4) is 5.75 Å². The first-order valence-electron chi connectivity index (χ1n) is 7.79. The maximum absolute atomic E-state index is 9.74. The van der Waals surface area contributed by atoms with Gasteiger partial charge in [0, 0.05) is 12.6 Å². The molecule has 2 bridgehead atoms. The fourth-order valence-corrected chi connectivity index (χ4v) is 4.29. The Hall–Kier alpha value is -0.540. The van der Waals surface area contributed by atoms with Gasteiger partial charge in [-0.1, -0.05) is 12.1 Å². The molecule has 1 N–H and O–H groups in total. The Bertz CT molecular complexity index is 488. The van der Waals surface area contributed by atoms with Crippen molar-refractivity contribution in [3.05, 3.63) is 29.8 Å². The van der Waals surface area contributed by atoms with E-state index in [1.54, 1.807) is 6.07 Å². The normalized spacial score (nSPS) is 32.9. The van der Waals surface area contributed by atoms with E-state index in [0.717, 1.165) is 12.0 Å². The summed E-state index contributed by atoms with van der Waals surface area (Å²) in [6, 6.07) is 8.81. The predicted molar refractivity (Wildman–Crippen MR) is 86.7 cm³/mol. The van der Waals surface area contributed by atoms with Crippen molar-refractivity contribution >= 4 is 17.0 Å². The minimum Gasteiger partial charge on any atom is -0.508 e. The Kier molecular flexibility index (Phi) is 3.85. The number of aromatic hydroxyl groups is 1. The molecule has 1 aromatic rings. The van der Waals surface area contributed by atoms with Crippen LogP contribution in [0.25, 0.3) is 0 Å². The summed E-state index contributed by atoms with van der Waals surface area (Å²) in [7, 11) is 0. The lowest BCUT2D eigenvalue weighted by Gasteiger charge is -2.40. The van der Waals surface area contributed by atoms with Crippen molar-refractivity contribution in [2.75, 3.05) is 13.1 Å². The molecule has 2 saturated carbocycles. The van der Waals surface area contributed by atoms with Crippen LogP contribution in [0.5, 0.6) is 5.75 Å². The van der Waals surface area contributed by atoms with E-state index in [9.17, 15) is 5.11 Å². The minimum absolute atomic E-state index is 0. The van der Waals surface area contributed by atoms with Crippen LogP contribution in [-0.2, 0) is 5.41 Å². The number of piperidine rings is 1. The molecule has 0 spiro atoms. The summed E-state index contributed by atoms with van der Waals surface area (Å²) in [5.74, 6) is 1.43. The Balaban J connectivity index is 0.00000121. The molecule has 3 heteroatoms. The second kappa shape index (κ2) is 5.34. The molecule has 1 heterocycles. The van der Waals surface area contributed by atoms with Crippen LogP contribution in [0.1, 0.15) is 44.1 Å². The maximum atomic E-state index is 9.74. The van der Waals surface area contributed by atoms with E-state index in [0.29, 0.717) is 11.2 Å². The van der Waals surface area contributed by atoms with Gasteiger partial charge in [0.25, 0.3) is 0 Å². The topological polar surface area (TPSA) is 23.5 Å². The molecule has 2 nitrogen and oxygen atoms in total. The number of nitrogens with zero attached hydrogens (tertiary/aromatic N) is 1. The fraction of sp³-hybridized carbons (Fsp3) is 0.647. The monoisotopic (exact) mass is 337 g/mol. The van der Waals surface area contributed by atoms with Gasteiger partial charge >= 0.3 is 0 Å². The standard InChI is InChI=1S/C17H23NO.BrH/c19-16-3-1-2-14(10-16)17-7-6-15(11-17)18(9-8-17)12-13-4-5-13;/h1-3,10,13,15,19H,4-9,11-12H2;1H. The summed E-state index contributed by atoms with van der Waals surface area (Å²) in [5.41, 5.74) is 1.74. The van der Waals surface area contributed by atoms with Crippen LogP contribution in [0.2, 0.25) is 0 Å². The van der Waals surface area contributed by atoms with Crippen LogP contribution in [-0.4, -0.2) is 29.1 Å². The quantitative estimate of drug-likeness (QED) is 0.904. The molecule has 3 aliphatic rings. The van der Waals surface area contributed by atoms with Crippen molar-refractivity contribution in [1.29, 1.82) is 0 Å². The average molecular weight is 338 g/mol. The number of hydrogen-bond donors (Lipinski definition) is 1. The Labute approximate surface area is 131 Å². The van der Waals surface area contributed by atoms with Gasteiger partial charge in [0.05, 0.1) is 0 Å². The van der Waals surface area contributed by atoms with Crippen LogP contribution in [0.15, 0.2) is 24.3 Å². The number of hydrogen-bond acceptors (Lipinski definition) is 2. The van der Waals surface area contributed by atoms with Crippen LogP contribution in [0.4, 0.5) is 0 Å². The van der Waals surface area contributed by atoms with Crippen LogP contribution < -0.4 is 0 Å². The van der Waals surface area contributed by atoms with Gasteiger partial charge < -0.3 is 10.0 Å². The number of halogens is 1. The third-order valence-corrected chi connectivity index (χ3v) is 5.62. The summed E-state index contributed by atoms with van der Waals surface area (Å²) in [6.45, 7) is 2.61. The number of likely N-dealkylation sites (tertiary alicyclic amines) is 1. The van der Waals surface area contributed by atoms with Gasteiger partial charge in [0.15, 0.2) is 0 Å². The highest BCUT2D eigenvalue weighted by molar-refractivity contribution is 8.93. The molecule has 20 heavy (non-hydrogen) atoms. The van der Waals surface area contributed by atoms with E-state index in [4.69, 9.17) is 0 Å². The van der Waals surface area contributed by atoms with Gasteiger partial charge in [-0.3, -0.25) is 0 Å². The maximum Gasteiger partial charge on any atom is 0.115 e. The van der Waals surface area contributed by atoms with Crippen LogP contribution in [0.3, 0.4) is 0 Å². The van der Waals surface area contributed by atoms with Gasteiger partial charge in [-0.25, -0.2) is 0 Å². The zero-order chi connectivity index (χ0) is 12.9. The largest absolute Gasteiger partial charge is 0.508 e. The highest BCUT2D eigenvalue weighted by atomic mass is 79.9. The molecule has 0 radical (unpaired) electrons. The first kappa shape index (κ1) is 14.4. The second-order valence-corrected chi connectivity index (χ2v) is 6.92. The Morgan fingerprint density at radius 1 is 1.20 bits per heavy atom. The predicted octanol–water partition coefficient (Wildman–Crippen LogP) is 3.88. The molecular weight excluding hydrogens is 314 g/mol. The average Bonchev–Trinajstić information content (AvgIpc) is 3.16. The van der Waals surface area contributed by atoms with Crippen molar-refractivity contribution in [3.63, 3.8) is 0 Å². The molecule has 1 saturated heterocycles. The summed E-state index contributed by atoms with van der Waals surface area (Å²) >= 11 is 0. The van der Waals surface area contributed by atoms with E-state index in [-0.39, 0.29) is 17.0 Å². The van der Waals surface area contributed by atoms with E-state index >= 15 is 0 Å². The van der Waals surface area contributed by atoms with E-state index < -0.39 is 0 Å². The van der Waals surface area contributed by atoms with Crippen molar-refractivity contribution in [2.24, 2.45) is 5.92 Å².